The van der Waals surface area contributed by atoms with Gasteiger partial charge in [0.15, 0.2) is 13.1 Å². The second kappa shape index (κ2) is 9.90. The lowest BCUT2D eigenvalue weighted by atomic mass is 10.1. The molecular formula is C23H31ClN3O2+. The standard InChI is InChI=1S/C23H30ClN3O2/c1-6-27(7-2,14-20(28)25-22-16(3)10-8-11-17(22)4)15-21(29)26-23-18(5)12-9-13-19(23)24/h8-13H,6-7,14-15H2,1-5H3,(H-,25,26,28,29)/p+1. The molecule has 2 aromatic carbocycles. The second-order valence-electron chi connectivity index (χ2n) is 7.59. The van der Waals surface area contributed by atoms with Crippen LogP contribution in [0.5, 0.6) is 0 Å². The van der Waals surface area contributed by atoms with E-state index >= 15 is 0 Å². The number of amides is 2. The number of quaternary nitrogens is 1. The van der Waals surface area contributed by atoms with Gasteiger partial charge >= 0.3 is 0 Å². The Bertz CT molecular complexity index is 782. The molecule has 0 heterocycles. The van der Waals surface area contributed by atoms with Crippen LogP contribution in [0.4, 0.5) is 11.4 Å². The first kappa shape index (κ1) is 22.9. The van der Waals surface area contributed by atoms with Crippen molar-refractivity contribution in [3.8, 4) is 0 Å². The smallest absolute Gasteiger partial charge is 0.279 e. The Morgan fingerprint density at radius 2 is 1.21 bits per heavy atom. The summed E-state index contributed by atoms with van der Waals surface area (Å²) in [5, 5.41) is 6.47. The molecule has 5 nitrogen and oxygen atoms in total. The zero-order chi connectivity index (χ0) is 21.6. The van der Waals surface area contributed by atoms with Crippen LogP contribution in [0.1, 0.15) is 30.5 Å². The summed E-state index contributed by atoms with van der Waals surface area (Å²) in [5.41, 5.74) is 4.43. The van der Waals surface area contributed by atoms with Gasteiger partial charge in [-0.25, -0.2) is 0 Å². The van der Waals surface area contributed by atoms with Crippen molar-refractivity contribution in [3.63, 3.8) is 0 Å². The summed E-state index contributed by atoms with van der Waals surface area (Å²) in [6, 6.07) is 11.4. The lowest BCUT2D eigenvalue weighted by Crippen LogP contribution is -2.55. The number of halogens is 1. The maximum Gasteiger partial charge on any atom is 0.279 e. The number of carbonyl (C=O) groups excluding carboxylic acids is 2. The summed E-state index contributed by atoms with van der Waals surface area (Å²) >= 11 is 6.23. The van der Waals surface area contributed by atoms with Crippen molar-refractivity contribution >= 4 is 34.8 Å². The molecule has 0 radical (unpaired) electrons. The number of carbonyl (C=O) groups is 2. The maximum atomic E-state index is 12.8. The Hall–Kier alpha value is -2.37. The Morgan fingerprint density at radius 3 is 1.66 bits per heavy atom. The molecule has 6 heteroatoms. The number of aryl methyl sites for hydroxylation is 3. The maximum absolute atomic E-state index is 12.8. The zero-order valence-corrected chi connectivity index (χ0v) is 18.7. The van der Waals surface area contributed by atoms with E-state index in [9.17, 15) is 9.59 Å². The van der Waals surface area contributed by atoms with E-state index in [0.717, 1.165) is 22.4 Å². The molecule has 0 atom stereocenters. The molecule has 0 aromatic heterocycles. The number of nitrogens with one attached hydrogen (secondary N) is 2. The van der Waals surface area contributed by atoms with Crippen LogP contribution in [-0.4, -0.2) is 42.5 Å². The fourth-order valence-electron chi connectivity index (χ4n) is 3.50. The molecule has 0 fully saturated rings. The van der Waals surface area contributed by atoms with Crippen molar-refractivity contribution in [2.75, 3.05) is 36.8 Å². The molecule has 2 rings (SSSR count). The molecule has 2 N–H and O–H groups in total. The van der Waals surface area contributed by atoms with Crippen molar-refractivity contribution < 1.29 is 14.1 Å². The molecule has 0 aliphatic carbocycles. The molecule has 29 heavy (non-hydrogen) atoms. The van der Waals surface area contributed by atoms with Crippen LogP contribution in [0.2, 0.25) is 5.02 Å². The molecule has 156 valence electrons. The van der Waals surface area contributed by atoms with Gasteiger partial charge in [0, 0.05) is 5.69 Å². The second-order valence-corrected chi connectivity index (χ2v) is 7.99. The number of nitrogens with zero attached hydrogens (tertiary/aromatic N) is 1. The SMILES string of the molecule is CC[N+](CC)(CC(=O)Nc1c(C)cccc1C)CC(=O)Nc1c(C)cccc1Cl. The van der Waals surface area contributed by atoms with Crippen LogP contribution in [0.25, 0.3) is 0 Å². The highest BCUT2D eigenvalue weighted by atomic mass is 35.5. The van der Waals surface area contributed by atoms with E-state index < -0.39 is 0 Å². The molecule has 0 aliphatic heterocycles. The molecule has 0 bridgehead atoms. The highest BCUT2D eigenvalue weighted by molar-refractivity contribution is 6.33. The summed E-state index contributed by atoms with van der Waals surface area (Å²) in [4.78, 5) is 25.6. The number of hydrogen-bond donors (Lipinski definition) is 2. The van der Waals surface area contributed by atoms with Crippen molar-refractivity contribution in [1.29, 1.82) is 0 Å². The average Bonchev–Trinajstić information content (AvgIpc) is 2.67. The summed E-state index contributed by atoms with van der Waals surface area (Å²) < 4.78 is 0.367. The van der Waals surface area contributed by atoms with Crippen LogP contribution in [0.15, 0.2) is 36.4 Å². The van der Waals surface area contributed by atoms with Crippen LogP contribution in [0.3, 0.4) is 0 Å². The minimum absolute atomic E-state index is 0.0900. The van der Waals surface area contributed by atoms with E-state index in [4.69, 9.17) is 11.6 Å². The zero-order valence-electron chi connectivity index (χ0n) is 17.9. The lowest BCUT2D eigenvalue weighted by Gasteiger charge is -2.35. The van der Waals surface area contributed by atoms with Crippen LogP contribution < -0.4 is 10.6 Å². The van der Waals surface area contributed by atoms with Gasteiger partial charge in [0.05, 0.1) is 23.8 Å². The summed E-state index contributed by atoms with van der Waals surface area (Å²) in [5.74, 6) is -0.238. The van der Waals surface area contributed by atoms with E-state index in [1.54, 1.807) is 6.07 Å². The van der Waals surface area contributed by atoms with E-state index in [1.165, 1.54) is 0 Å². The quantitative estimate of drug-likeness (QED) is 0.613. The topological polar surface area (TPSA) is 58.2 Å². The lowest BCUT2D eigenvalue weighted by molar-refractivity contribution is -0.909. The highest BCUT2D eigenvalue weighted by Crippen LogP contribution is 2.25. The number of benzene rings is 2. The van der Waals surface area contributed by atoms with Gasteiger partial charge in [-0.15, -0.1) is 0 Å². The number of para-hydroxylation sites is 2. The van der Waals surface area contributed by atoms with Crippen LogP contribution in [0, 0.1) is 20.8 Å². The number of rotatable bonds is 8. The van der Waals surface area contributed by atoms with Gasteiger partial charge in [-0.1, -0.05) is 41.9 Å². The minimum atomic E-state index is -0.148. The van der Waals surface area contributed by atoms with Gasteiger partial charge in [-0.05, 0) is 57.4 Å². The Kier molecular flexibility index (Phi) is 7.82. The predicted octanol–water partition coefficient (Wildman–Crippen LogP) is 4.70. The van der Waals surface area contributed by atoms with Crippen molar-refractivity contribution in [2.24, 2.45) is 0 Å². The molecule has 2 amide bonds. The summed E-state index contributed by atoms with van der Waals surface area (Å²) in [7, 11) is 0. The largest absolute Gasteiger partial charge is 0.321 e. The van der Waals surface area contributed by atoms with E-state index in [0.29, 0.717) is 28.3 Å². The normalized spacial score (nSPS) is 11.2. The third kappa shape index (κ3) is 5.81. The molecule has 0 unspecified atom stereocenters. The van der Waals surface area contributed by atoms with E-state index in [2.05, 4.69) is 10.6 Å². The van der Waals surface area contributed by atoms with Gasteiger partial charge in [-0.3, -0.25) is 9.59 Å². The van der Waals surface area contributed by atoms with Gasteiger partial charge in [-0.2, -0.15) is 0 Å². The first-order valence-electron chi connectivity index (χ1n) is 9.97. The summed E-state index contributed by atoms with van der Waals surface area (Å²) in [6.07, 6.45) is 0. The summed E-state index contributed by atoms with van der Waals surface area (Å²) in [6.45, 7) is 11.6. The van der Waals surface area contributed by atoms with Gasteiger partial charge in [0.1, 0.15) is 0 Å². The molecule has 0 saturated carbocycles. The molecule has 0 saturated heterocycles. The third-order valence-electron chi connectivity index (χ3n) is 5.53. The van der Waals surface area contributed by atoms with Gasteiger partial charge in [0.2, 0.25) is 0 Å². The fourth-order valence-corrected chi connectivity index (χ4v) is 3.76. The minimum Gasteiger partial charge on any atom is -0.321 e. The Balaban J connectivity index is 2.12. The van der Waals surface area contributed by atoms with Crippen molar-refractivity contribution in [1.82, 2.24) is 0 Å². The molecule has 2 aromatic rings. The first-order valence-corrected chi connectivity index (χ1v) is 10.3. The van der Waals surface area contributed by atoms with E-state index in [-0.39, 0.29) is 24.9 Å². The third-order valence-corrected chi connectivity index (χ3v) is 5.85. The Labute approximate surface area is 178 Å². The number of anilines is 2. The number of hydrogen-bond acceptors (Lipinski definition) is 2. The number of likely N-dealkylation sites (N-methyl/N-ethyl adjacent to an activating group) is 1. The Morgan fingerprint density at radius 1 is 0.793 bits per heavy atom. The molecule has 0 aliphatic rings. The van der Waals surface area contributed by atoms with Crippen LogP contribution in [-0.2, 0) is 9.59 Å². The van der Waals surface area contributed by atoms with Crippen molar-refractivity contribution in [2.45, 2.75) is 34.6 Å². The highest BCUT2D eigenvalue weighted by Gasteiger charge is 2.30. The first-order chi connectivity index (χ1) is 13.7. The molecular weight excluding hydrogens is 386 g/mol. The molecule has 0 spiro atoms. The van der Waals surface area contributed by atoms with Crippen LogP contribution >= 0.6 is 11.6 Å². The average molecular weight is 417 g/mol. The fraction of sp³-hybridized carbons (Fsp3) is 0.391. The van der Waals surface area contributed by atoms with E-state index in [1.807, 2.05) is 65.0 Å². The predicted molar refractivity (Wildman–Crippen MR) is 120 cm³/mol. The van der Waals surface area contributed by atoms with Gasteiger partial charge in [0.25, 0.3) is 11.8 Å². The van der Waals surface area contributed by atoms with Gasteiger partial charge < -0.3 is 15.1 Å². The monoisotopic (exact) mass is 416 g/mol. The van der Waals surface area contributed by atoms with Crippen molar-refractivity contribution in [3.05, 3.63) is 58.1 Å².